The van der Waals surface area contributed by atoms with Crippen molar-refractivity contribution in [2.24, 2.45) is 0 Å². The monoisotopic (exact) mass is 261 g/mol. The highest BCUT2D eigenvalue weighted by atomic mass is 79.9. The number of hydrogen-bond acceptors (Lipinski definition) is 3. The first-order chi connectivity index (χ1) is 6.58. The van der Waals surface area contributed by atoms with Gasteiger partial charge in [0.15, 0.2) is 4.67 Å². The van der Waals surface area contributed by atoms with Gasteiger partial charge >= 0.3 is 0 Å². The Morgan fingerprint density at radius 2 is 2.29 bits per heavy atom. The third kappa shape index (κ3) is 4.26. The first-order valence-electron chi connectivity index (χ1n) is 4.68. The molecule has 0 aliphatic heterocycles. The van der Waals surface area contributed by atoms with E-state index in [4.69, 9.17) is 9.52 Å². The van der Waals surface area contributed by atoms with Gasteiger partial charge < -0.3 is 9.52 Å². The molecule has 0 aliphatic rings. The van der Waals surface area contributed by atoms with Crippen molar-refractivity contribution in [3.05, 3.63) is 22.6 Å². The van der Waals surface area contributed by atoms with Crippen LogP contribution in [-0.2, 0) is 6.54 Å². The molecule has 4 heteroatoms. The topological polar surface area (TPSA) is 36.6 Å². The van der Waals surface area contributed by atoms with E-state index in [1.165, 1.54) is 0 Å². The largest absolute Gasteiger partial charge is 0.453 e. The molecule has 1 N–H and O–H groups in total. The Morgan fingerprint density at radius 3 is 2.79 bits per heavy atom. The lowest BCUT2D eigenvalue weighted by Gasteiger charge is -2.15. The molecule has 0 amide bonds. The summed E-state index contributed by atoms with van der Waals surface area (Å²) < 4.78 is 6.13. The molecule has 0 bridgehead atoms. The molecule has 80 valence electrons. The van der Waals surface area contributed by atoms with Crippen molar-refractivity contribution >= 4 is 15.9 Å². The highest BCUT2D eigenvalue weighted by Crippen LogP contribution is 2.15. The highest BCUT2D eigenvalue weighted by Gasteiger charge is 2.05. The van der Waals surface area contributed by atoms with E-state index in [1.54, 1.807) is 6.92 Å². The van der Waals surface area contributed by atoms with Gasteiger partial charge in [-0.15, -0.1) is 0 Å². The van der Waals surface area contributed by atoms with Gasteiger partial charge in [-0.1, -0.05) is 0 Å². The van der Waals surface area contributed by atoms with Crippen LogP contribution in [0.4, 0.5) is 0 Å². The molecule has 14 heavy (non-hydrogen) atoms. The normalized spacial score (nSPS) is 13.5. The molecule has 1 rings (SSSR count). The molecule has 0 aliphatic carbocycles. The zero-order valence-electron chi connectivity index (χ0n) is 8.53. The Morgan fingerprint density at radius 1 is 1.57 bits per heavy atom. The smallest absolute Gasteiger partial charge is 0.169 e. The molecular weight excluding hydrogens is 246 g/mol. The fourth-order valence-electron chi connectivity index (χ4n) is 1.19. The van der Waals surface area contributed by atoms with Crippen molar-refractivity contribution < 1.29 is 9.52 Å². The standard InChI is InChI=1S/C10H16BrNO2/c1-8(13)5-6-12(2)7-9-3-4-10(11)14-9/h3-4,8,13H,5-7H2,1-2H3. The summed E-state index contributed by atoms with van der Waals surface area (Å²) in [5.41, 5.74) is 0. The predicted octanol–water partition coefficient (Wildman–Crippen LogP) is 2.24. The van der Waals surface area contributed by atoms with Gasteiger partial charge in [0.05, 0.1) is 12.6 Å². The van der Waals surface area contributed by atoms with Crippen molar-refractivity contribution in [2.45, 2.75) is 26.0 Å². The number of halogens is 1. The van der Waals surface area contributed by atoms with Crippen molar-refractivity contribution in [1.82, 2.24) is 4.90 Å². The lowest BCUT2D eigenvalue weighted by molar-refractivity contribution is 0.160. The molecule has 0 aromatic carbocycles. The van der Waals surface area contributed by atoms with Crippen molar-refractivity contribution in [3.8, 4) is 0 Å². The fraction of sp³-hybridized carbons (Fsp3) is 0.600. The summed E-state index contributed by atoms with van der Waals surface area (Å²) >= 11 is 3.26. The molecule has 0 saturated heterocycles. The minimum atomic E-state index is -0.235. The number of nitrogens with zero attached hydrogens (tertiary/aromatic N) is 1. The number of hydrogen-bond donors (Lipinski definition) is 1. The third-order valence-electron chi connectivity index (χ3n) is 1.98. The van der Waals surface area contributed by atoms with Gasteiger partial charge in [0.1, 0.15) is 5.76 Å². The third-order valence-corrected chi connectivity index (χ3v) is 2.41. The number of aliphatic hydroxyl groups excluding tert-OH is 1. The summed E-state index contributed by atoms with van der Waals surface area (Å²) in [6.07, 6.45) is 0.555. The average molecular weight is 262 g/mol. The van der Waals surface area contributed by atoms with Crippen LogP contribution in [0.5, 0.6) is 0 Å². The number of rotatable bonds is 5. The molecule has 1 atom stereocenters. The summed E-state index contributed by atoms with van der Waals surface area (Å²) in [6.45, 7) is 3.45. The van der Waals surface area contributed by atoms with Crippen molar-refractivity contribution in [2.75, 3.05) is 13.6 Å². The molecule has 0 radical (unpaired) electrons. The second-order valence-electron chi connectivity index (χ2n) is 3.58. The highest BCUT2D eigenvalue weighted by molar-refractivity contribution is 9.10. The van der Waals surface area contributed by atoms with Gasteiger partial charge in [-0.2, -0.15) is 0 Å². The van der Waals surface area contributed by atoms with E-state index in [0.717, 1.165) is 29.9 Å². The van der Waals surface area contributed by atoms with Crippen LogP contribution in [0, 0.1) is 0 Å². The van der Waals surface area contributed by atoms with E-state index in [9.17, 15) is 0 Å². The average Bonchev–Trinajstić information content (AvgIpc) is 2.48. The van der Waals surface area contributed by atoms with Gasteiger partial charge in [-0.05, 0) is 48.5 Å². The maximum atomic E-state index is 9.11. The molecule has 3 nitrogen and oxygen atoms in total. The summed E-state index contributed by atoms with van der Waals surface area (Å²) in [5.74, 6) is 0.935. The maximum absolute atomic E-state index is 9.11. The summed E-state index contributed by atoms with van der Waals surface area (Å²) in [5, 5.41) is 9.11. The van der Waals surface area contributed by atoms with E-state index in [2.05, 4.69) is 20.8 Å². The van der Waals surface area contributed by atoms with Crippen LogP contribution in [0.15, 0.2) is 21.2 Å². The van der Waals surface area contributed by atoms with E-state index >= 15 is 0 Å². The molecule has 0 saturated carbocycles. The molecular formula is C10H16BrNO2. The van der Waals surface area contributed by atoms with Crippen LogP contribution in [0.2, 0.25) is 0 Å². The van der Waals surface area contributed by atoms with E-state index in [0.29, 0.717) is 0 Å². The lowest BCUT2D eigenvalue weighted by atomic mass is 10.3. The predicted molar refractivity (Wildman–Crippen MR) is 59.0 cm³/mol. The van der Waals surface area contributed by atoms with E-state index in [1.807, 2.05) is 19.2 Å². The maximum Gasteiger partial charge on any atom is 0.169 e. The fourth-order valence-corrected chi connectivity index (χ4v) is 1.53. The Kier molecular flexibility index (Phi) is 4.65. The van der Waals surface area contributed by atoms with E-state index < -0.39 is 0 Å². The summed E-state index contributed by atoms with van der Waals surface area (Å²) in [4.78, 5) is 2.12. The number of aliphatic hydroxyl groups is 1. The van der Waals surface area contributed by atoms with Gasteiger partial charge in [0.25, 0.3) is 0 Å². The lowest BCUT2D eigenvalue weighted by Crippen LogP contribution is -2.21. The molecule has 0 fully saturated rings. The Bertz CT molecular complexity index is 273. The van der Waals surface area contributed by atoms with Crippen molar-refractivity contribution in [1.29, 1.82) is 0 Å². The Hall–Kier alpha value is -0.320. The van der Waals surface area contributed by atoms with Gasteiger partial charge in [-0.25, -0.2) is 0 Å². The SMILES string of the molecule is CC(O)CCN(C)Cc1ccc(Br)o1. The van der Waals surface area contributed by atoms with Crippen LogP contribution in [0.25, 0.3) is 0 Å². The molecule has 1 unspecified atom stereocenters. The minimum Gasteiger partial charge on any atom is -0.453 e. The van der Waals surface area contributed by atoms with Gasteiger partial charge in [0.2, 0.25) is 0 Å². The summed E-state index contributed by atoms with van der Waals surface area (Å²) in [6, 6.07) is 3.83. The van der Waals surface area contributed by atoms with Crippen LogP contribution in [0.1, 0.15) is 19.1 Å². The van der Waals surface area contributed by atoms with Crippen LogP contribution < -0.4 is 0 Å². The van der Waals surface area contributed by atoms with Gasteiger partial charge in [0, 0.05) is 6.54 Å². The van der Waals surface area contributed by atoms with Gasteiger partial charge in [-0.3, -0.25) is 4.90 Å². The second-order valence-corrected chi connectivity index (χ2v) is 4.36. The summed E-state index contributed by atoms with van der Waals surface area (Å²) in [7, 11) is 2.01. The first kappa shape index (κ1) is 11.8. The van der Waals surface area contributed by atoms with Crippen LogP contribution in [0.3, 0.4) is 0 Å². The van der Waals surface area contributed by atoms with Crippen LogP contribution >= 0.6 is 15.9 Å². The molecule has 0 spiro atoms. The Labute approximate surface area is 92.8 Å². The quantitative estimate of drug-likeness (QED) is 0.884. The zero-order chi connectivity index (χ0) is 10.6. The first-order valence-corrected chi connectivity index (χ1v) is 5.48. The van der Waals surface area contributed by atoms with Crippen LogP contribution in [-0.4, -0.2) is 29.7 Å². The molecule has 1 heterocycles. The molecule has 1 aromatic heterocycles. The molecule has 1 aromatic rings. The van der Waals surface area contributed by atoms with E-state index in [-0.39, 0.29) is 6.10 Å². The zero-order valence-corrected chi connectivity index (χ0v) is 10.1. The number of furan rings is 1. The Balaban J connectivity index is 2.30. The van der Waals surface area contributed by atoms with Crippen molar-refractivity contribution in [3.63, 3.8) is 0 Å². The second kappa shape index (κ2) is 5.53. The minimum absolute atomic E-state index is 0.235.